The molecular formula is C24H30ClN3O4S. The zero-order chi connectivity index (χ0) is 23.4. The highest BCUT2D eigenvalue weighted by Gasteiger charge is 2.17. The summed E-state index contributed by atoms with van der Waals surface area (Å²) in [6.07, 6.45) is 5.08. The van der Waals surface area contributed by atoms with Gasteiger partial charge in [-0.15, -0.1) is 0 Å². The molecule has 0 fully saturated rings. The number of aliphatic hydroxyl groups excluding tert-OH is 1. The molecule has 1 aliphatic carbocycles. The van der Waals surface area contributed by atoms with Gasteiger partial charge in [0.25, 0.3) is 0 Å². The van der Waals surface area contributed by atoms with Crippen molar-refractivity contribution in [3.05, 3.63) is 63.8 Å². The van der Waals surface area contributed by atoms with Gasteiger partial charge in [-0.1, -0.05) is 36.2 Å². The molecule has 3 aromatic rings. The lowest BCUT2D eigenvalue weighted by Crippen LogP contribution is -2.26. The van der Waals surface area contributed by atoms with Crippen LogP contribution in [-0.2, 0) is 28.6 Å². The third kappa shape index (κ3) is 6.07. The van der Waals surface area contributed by atoms with Gasteiger partial charge < -0.3 is 20.1 Å². The fourth-order valence-electron chi connectivity index (χ4n) is 4.43. The molecule has 0 aliphatic heterocycles. The summed E-state index contributed by atoms with van der Waals surface area (Å²) in [7, 11) is -3.71. The first-order valence-corrected chi connectivity index (χ1v) is 13.3. The van der Waals surface area contributed by atoms with Crippen LogP contribution in [0.1, 0.15) is 47.8 Å². The highest BCUT2D eigenvalue weighted by molar-refractivity contribution is 7.88. The molecule has 33 heavy (non-hydrogen) atoms. The van der Waals surface area contributed by atoms with Gasteiger partial charge in [0.05, 0.1) is 16.9 Å². The minimum absolute atomic E-state index is 0.219. The molecule has 5 N–H and O–H groups in total. The molecule has 1 aliphatic rings. The third-order valence-electron chi connectivity index (χ3n) is 6.03. The predicted molar refractivity (Wildman–Crippen MR) is 131 cm³/mol. The Kier molecular flexibility index (Phi) is 7.61. The van der Waals surface area contributed by atoms with Crippen LogP contribution in [0.3, 0.4) is 0 Å². The van der Waals surface area contributed by atoms with Gasteiger partial charge in [-0.3, -0.25) is 0 Å². The maximum Gasteiger partial charge on any atom is 0.213 e. The smallest absolute Gasteiger partial charge is 0.213 e. The quantitative estimate of drug-likeness (QED) is 0.269. The summed E-state index contributed by atoms with van der Waals surface area (Å²) in [5.41, 5.74) is 4.79. The van der Waals surface area contributed by atoms with E-state index in [2.05, 4.69) is 22.4 Å². The number of nitrogens with one attached hydrogen (secondary N) is 2. The van der Waals surface area contributed by atoms with Crippen molar-refractivity contribution < 1.29 is 18.3 Å². The van der Waals surface area contributed by atoms with Gasteiger partial charge >= 0.3 is 0 Å². The van der Waals surface area contributed by atoms with Crippen LogP contribution >= 0.6 is 11.6 Å². The number of aliphatic hydroxyl groups is 1. The number of hydrogen-bond acceptors (Lipinski definition) is 5. The molecule has 7 nitrogen and oxygen atoms in total. The Morgan fingerprint density at radius 3 is 2.82 bits per heavy atom. The van der Waals surface area contributed by atoms with E-state index in [0.717, 1.165) is 24.1 Å². The van der Waals surface area contributed by atoms with E-state index in [-0.39, 0.29) is 17.3 Å². The number of halogens is 1. The Bertz CT molecular complexity index is 1230. The zero-order valence-corrected chi connectivity index (χ0v) is 20.0. The molecule has 4 rings (SSSR count). The Hall–Kier alpha value is -2.10. The van der Waals surface area contributed by atoms with Crippen LogP contribution in [0.2, 0.25) is 5.02 Å². The van der Waals surface area contributed by atoms with E-state index >= 15 is 0 Å². The fraction of sp³-hybridized carbons (Fsp3) is 0.417. The molecule has 1 heterocycles. The minimum Gasteiger partial charge on any atom is -0.492 e. The lowest BCUT2D eigenvalue weighted by Gasteiger charge is -2.16. The van der Waals surface area contributed by atoms with Crippen molar-refractivity contribution in [1.29, 1.82) is 0 Å². The highest BCUT2D eigenvalue weighted by Crippen LogP contribution is 2.31. The number of primary sulfonamides is 1. The van der Waals surface area contributed by atoms with E-state index < -0.39 is 16.1 Å². The Balaban J connectivity index is 1.30. The lowest BCUT2D eigenvalue weighted by atomic mass is 10.1. The second-order valence-electron chi connectivity index (χ2n) is 8.55. The van der Waals surface area contributed by atoms with E-state index in [1.165, 1.54) is 35.9 Å². The summed E-state index contributed by atoms with van der Waals surface area (Å²) < 4.78 is 28.7. The van der Waals surface area contributed by atoms with E-state index in [9.17, 15) is 13.5 Å². The largest absolute Gasteiger partial charge is 0.492 e. The number of ether oxygens (including phenoxy) is 1. The maximum absolute atomic E-state index is 11.4. The summed E-state index contributed by atoms with van der Waals surface area (Å²) in [6, 6.07) is 11.1. The van der Waals surface area contributed by atoms with Crippen molar-refractivity contribution in [3.8, 4) is 5.75 Å². The number of aromatic amines is 1. The van der Waals surface area contributed by atoms with Gasteiger partial charge in [-0.05, 0) is 55.0 Å². The molecule has 0 bridgehead atoms. The fourth-order valence-corrected chi connectivity index (χ4v) is 5.50. The monoisotopic (exact) mass is 491 g/mol. The molecule has 0 saturated carbocycles. The Morgan fingerprint density at radius 2 is 2.00 bits per heavy atom. The van der Waals surface area contributed by atoms with Crippen LogP contribution in [0.4, 0.5) is 0 Å². The van der Waals surface area contributed by atoms with Crippen LogP contribution in [-0.4, -0.2) is 38.2 Å². The SMILES string of the molecule is NS(=O)(=O)Cc1cccc(C(O)CNCCOc2ccc3[nH]c4c(c3c2)CCCCC4)c1Cl. The topological polar surface area (TPSA) is 117 Å². The van der Waals surface area contributed by atoms with Gasteiger partial charge in [-0.2, -0.15) is 0 Å². The first-order chi connectivity index (χ1) is 15.8. The van der Waals surface area contributed by atoms with Gasteiger partial charge in [0, 0.05) is 35.2 Å². The highest BCUT2D eigenvalue weighted by atomic mass is 35.5. The average Bonchev–Trinajstić information content (AvgIpc) is 2.94. The molecule has 0 saturated heterocycles. The number of nitrogens with two attached hydrogens (primary N) is 1. The number of hydrogen-bond donors (Lipinski definition) is 4. The van der Waals surface area contributed by atoms with Gasteiger partial charge in [0.2, 0.25) is 10.0 Å². The van der Waals surface area contributed by atoms with Crippen molar-refractivity contribution in [2.24, 2.45) is 5.14 Å². The van der Waals surface area contributed by atoms with Gasteiger partial charge in [-0.25, -0.2) is 13.6 Å². The number of rotatable bonds is 9. The number of aryl methyl sites for hydroxylation is 2. The van der Waals surface area contributed by atoms with Crippen molar-refractivity contribution in [2.45, 2.75) is 44.0 Å². The van der Waals surface area contributed by atoms with Crippen LogP contribution in [0, 0.1) is 0 Å². The number of H-pyrrole nitrogens is 1. The van der Waals surface area contributed by atoms with Crippen molar-refractivity contribution in [3.63, 3.8) is 0 Å². The number of aromatic nitrogens is 1. The Morgan fingerprint density at radius 1 is 1.18 bits per heavy atom. The van der Waals surface area contributed by atoms with Crippen LogP contribution in [0.5, 0.6) is 5.75 Å². The molecule has 1 unspecified atom stereocenters. The first kappa shape index (κ1) is 24.0. The second kappa shape index (κ2) is 10.4. The molecule has 178 valence electrons. The van der Waals surface area contributed by atoms with Gasteiger partial charge in [0.1, 0.15) is 12.4 Å². The number of sulfonamides is 1. The van der Waals surface area contributed by atoms with E-state index in [1.807, 2.05) is 6.07 Å². The van der Waals surface area contributed by atoms with Crippen molar-refractivity contribution in [1.82, 2.24) is 10.3 Å². The lowest BCUT2D eigenvalue weighted by molar-refractivity contribution is 0.172. The summed E-state index contributed by atoms with van der Waals surface area (Å²) >= 11 is 6.29. The van der Waals surface area contributed by atoms with Crippen LogP contribution in [0.25, 0.3) is 10.9 Å². The first-order valence-electron chi connectivity index (χ1n) is 11.2. The van der Waals surface area contributed by atoms with E-state index in [1.54, 1.807) is 18.2 Å². The minimum atomic E-state index is -3.71. The molecule has 2 aromatic carbocycles. The molecular weight excluding hydrogens is 462 g/mol. The van der Waals surface area contributed by atoms with Crippen LogP contribution in [0.15, 0.2) is 36.4 Å². The molecule has 0 amide bonds. The molecule has 1 aromatic heterocycles. The van der Waals surface area contributed by atoms with E-state index in [4.69, 9.17) is 21.5 Å². The third-order valence-corrected chi connectivity index (χ3v) is 7.20. The summed E-state index contributed by atoms with van der Waals surface area (Å²) in [5.74, 6) is 0.456. The average molecular weight is 492 g/mol. The molecule has 0 spiro atoms. The maximum atomic E-state index is 11.4. The standard InChI is InChI=1S/C24H30ClN3O4S/c25-24-16(15-33(26,30)31)5-4-7-19(24)23(29)14-27-11-12-32-17-9-10-22-20(13-17)18-6-2-1-3-8-21(18)28-22/h4-5,7,9-10,13,23,27-29H,1-3,6,8,11-12,14-15H2,(H2,26,30,31). The molecule has 9 heteroatoms. The van der Waals surface area contributed by atoms with Gasteiger partial charge in [0.15, 0.2) is 0 Å². The summed E-state index contributed by atoms with van der Waals surface area (Å²) in [6.45, 7) is 1.24. The molecule has 0 radical (unpaired) electrons. The second-order valence-corrected chi connectivity index (χ2v) is 10.5. The number of benzene rings is 2. The molecule has 1 atom stereocenters. The van der Waals surface area contributed by atoms with E-state index in [0.29, 0.717) is 24.3 Å². The Labute approximate surface area is 199 Å². The summed E-state index contributed by atoms with van der Waals surface area (Å²) in [5, 5.41) is 20.2. The predicted octanol–water partition coefficient (Wildman–Crippen LogP) is 3.58. The van der Waals surface area contributed by atoms with Crippen molar-refractivity contribution >= 4 is 32.5 Å². The normalized spacial score (nSPS) is 15.2. The zero-order valence-electron chi connectivity index (χ0n) is 18.4. The number of fused-ring (bicyclic) bond motifs is 3. The van der Waals surface area contributed by atoms with Crippen LogP contribution < -0.4 is 15.2 Å². The summed E-state index contributed by atoms with van der Waals surface area (Å²) in [4.78, 5) is 3.56. The van der Waals surface area contributed by atoms with Crippen molar-refractivity contribution in [2.75, 3.05) is 19.7 Å².